The van der Waals surface area contributed by atoms with E-state index in [2.05, 4.69) is 6.92 Å². The summed E-state index contributed by atoms with van der Waals surface area (Å²) in [4.78, 5) is 0. The van der Waals surface area contributed by atoms with E-state index in [-0.39, 0.29) is 5.60 Å². The van der Waals surface area contributed by atoms with Gasteiger partial charge in [0, 0.05) is 88.7 Å². The van der Waals surface area contributed by atoms with Crippen LogP contribution in [-0.4, -0.2) is 137 Å². The Bertz CT molecular complexity index is 586. The van der Waals surface area contributed by atoms with Gasteiger partial charge in [0.2, 0.25) is 0 Å². The Hall–Kier alpha value is 1.30. The van der Waals surface area contributed by atoms with Crippen LogP contribution in [0.2, 0.25) is 18.1 Å². The van der Waals surface area contributed by atoms with E-state index >= 15 is 0 Å². The summed E-state index contributed by atoms with van der Waals surface area (Å²) in [6, 6.07) is 2.54. The lowest BCUT2D eigenvalue weighted by Gasteiger charge is -2.34. The van der Waals surface area contributed by atoms with Gasteiger partial charge in [-0.1, -0.05) is 0 Å². The van der Waals surface area contributed by atoms with Gasteiger partial charge in [0.1, 0.15) is 0 Å². The first-order chi connectivity index (χ1) is 22.2. The van der Waals surface area contributed by atoms with E-state index in [0.29, 0.717) is 0 Å². The molecule has 0 aromatic heterocycles. The molecule has 0 aliphatic rings. The monoisotopic (exact) mass is 768 g/mol. The number of ether oxygens (including phenoxy) is 1. The predicted octanol–water partition coefficient (Wildman–Crippen LogP) is 7.11. The maximum atomic E-state index is 6.62. The fraction of sp³-hybridized carbons (Fsp3) is 1.00. The summed E-state index contributed by atoms with van der Waals surface area (Å²) < 4.78 is 56.7. The molecule has 46 heavy (non-hydrogen) atoms. The Morgan fingerprint density at radius 3 is 0.848 bits per heavy atom. The standard InChI is InChI=1S/C30H68O10S3Si3/c1-11-40-30(18-12-21-41-24-15-27-44(31-2,32-3)33-4,19-13-22-42-25-16-28-45(34-5,35-6)36-7)20-14-23-43-26-17-29-46(37-8,38-9)39-10/h11-29H2,1-10H3. The van der Waals surface area contributed by atoms with Crippen molar-refractivity contribution < 1.29 is 44.6 Å². The molecule has 0 fully saturated rings. The molecular weight excluding hydrogens is 701 g/mol. The summed E-state index contributed by atoms with van der Waals surface area (Å²) >= 11 is 6.03. The summed E-state index contributed by atoms with van der Waals surface area (Å²) in [5, 5.41) is 0. The lowest BCUT2D eigenvalue weighted by molar-refractivity contribution is -0.0585. The summed E-state index contributed by atoms with van der Waals surface area (Å²) in [5.41, 5.74) is -0.0604. The molecular formula is C30H68O10S3Si3. The first-order valence-electron chi connectivity index (χ1n) is 16.6. The maximum absolute atomic E-state index is 6.62. The van der Waals surface area contributed by atoms with Crippen molar-refractivity contribution in [3.63, 3.8) is 0 Å². The molecule has 278 valence electrons. The molecule has 0 atom stereocenters. The van der Waals surface area contributed by atoms with Crippen molar-refractivity contribution in [2.45, 2.75) is 88.4 Å². The van der Waals surface area contributed by atoms with Crippen LogP contribution < -0.4 is 0 Å². The quantitative estimate of drug-likeness (QED) is 0.0485. The van der Waals surface area contributed by atoms with Crippen LogP contribution in [0.3, 0.4) is 0 Å². The normalized spacial score (nSPS) is 13.2. The zero-order valence-electron chi connectivity index (χ0n) is 30.7. The van der Waals surface area contributed by atoms with Crippen LogP contribution in [-0.2, 0) is 44.6 Å². The van der Waals surface area contributed by atoms with E-state index in [1.165, 1.54) is 0 Å². The van der Waals surface area contributed by atoms with Crippen molar-refractivity contribution in [2.75, 3.05) is 105 Å². The molecule has 0 aliphatic carbocycles. The van der Waals surface area contributed by atoms with Crippen molar-refractivity contribution in [3.8, 4) is 0 Å². The third-order valence-electron chi connectivity index (χ3n) is 8.33. The van der Waals surface area contributed by atoms with E-state index in [1.807, 2.05) is 35.3 Å². The molecule has 0 saturated heterocycles. The van der Waals surface area contributed by atoms with Crippen molar-refractivity contribution in [1.82, 2.24) is 0 Å². The largest absolute Gasteiger partial charge is 0.500 e. The van der Waals surface area contributed by atoms with E-state index in [9.17, 15) is 0 Å². The van der Waals surface area contributed by atoms with Crippen LogP contribution in [0.25, 0.3) is 0 Å². The predicted molar refractivity (Wildman–Crippen MR) is 203 cm³/mol. The average molecular weight is 769 g/mol. The average Bonchev–Trinajstić information content (AvgIpc) is 3.09. The van der Waals surface area contributed by atoms with Crippen LogP contribution in [0, 0.1) is 0 Å². The number of hydrogen-bond donors (Lipinski definition) is 0. The first-order valence-corrected chi connectivity index (χ1v) is 25.8. The lowest BCUT2D eigenvalue weighted by Crippen LogP contribution is -2.42. The van der Waals surface area contributed by atoms with Crippen LogP contribution in [0.4, 0.5) is 0 Å². The molecule has 10 nitrogen and oxygen atoms in total. The van der Waals surface area contributed by atoms with Gasteiger partial charge in [-0.2, -0.15) is 35.3 Å². The topological polar surface area (TPSA) is 92.3 Å². The molecule has 0 aromatic rings. The van der Waals surface area contributed by atoms with Crippen LogP contribution >= 0.6 is 35.3 Å². The second kappa shape index (κ2) is 28.9. The molecule has 16 heteroatoms. The Morgan fingerprint density at radius 2 is 0.630 bits per heavy atom. The SMILES string of the molecule is CCOC(CCCSCCC[Si](OC)(OC)OC)(CCCSCCC[Si](OC)(OC)OC)CCCSCCC[Si](OC)(OC)OC. The molecule has 0 radical (unpaired) electrons. The summed E-state index contributed by atoms with van der Waals surface area (Å²) in [7, 11) is 7.70. The third kappa shape index (κ3) is 19.1. The number of thioether (sulfide) groups is 3. The summed E-state index contributed by atoms with van der Waals surface area (Å²) in [6.45, 7) is 2.89. The van der Waals surface area contributed by atoms with E-state index in [1.54, 1.807) is 64.0 Å². The molecule has 0 unspecified atom stereocenters. The molecule has 0 saturated carbocycles. The molecule has 0 heterocycles. The van der Waals surface area contributed by atoms with Gasteiger partial charge in [-0.3, -0.25) is 0 Å². The Labute approximate surface area is 298 Å². The van der Waals surface area contributed by atoms with Gasteiger partial charge >= 0.3 is 26.4 Å². The smallest absolute Gasteiger partial charge is 0.377 e. The fourth-order valence-corrected chi connectivity index (χ4v) is 14.2. The van der Waals surface area contributed by atoms with Gasteiger partial charge in [0.15, 0.2) is 0 Å². The van der Waals surface area contributed by atoms with Gasteiger partial charge in [-0.25, -0.2) is 0 Å². The summed E-state index contributed by atoms with van der Waals surface area (Å²) in [6.07, 6.45) is 9.86. The van der Waals surface area contributed by atoms with Gasteiger partial charge in [-0.15, -0.1) is 0 Å². The zero-order chi connectivity index (χ0) is 34.6. The molecule has 0 spiro atoms. The second-order valence-electron chi connectivity index (χ2n) is 11.0. The van der Waals surface area contributed by atoms with Gasteiger partial charge in [0.05, 0.1) is 5.60 Å². The lowest BCUT2D eigenvalue weighted by atomic mass is 9.88. The molecule has 0 N–H and O–H groups in total. The first kappa shape index (κ1) is 47.3. The number of rotatable bonds is 35. The van der Waals surface area contributed by atoms with Crippen molar-refractivity contribution in [1.29, 1.82) is 0 Å². The summed E-state index contributed by atoms with van der Waals surface area (Å²) in [5.74, 6) is 6.64. The Kier molecular flexibility index (Phi) is 29.8. The Morgan fingerprint density at radius 1 is 0.391 bits per heavy atom. The second-order valence-corrected chi connectivity index (χ2v) is 23.9. The van der Waals surface area contributed by atoms with Crippen LogP contribution in [0.15, 0.2) is 0 Å². The van der Waals surface area contributed by atoms with E-state index in [4.69, 9.17) is 44.6 Å². The molecule has 0 amide bonds. The minimum absolute atomic E-state index is 0.0604. The van der Waals surface area contributed by atoms with Crippen molar-refractivity contribution in [3.05, 3.63) is 0 Å². The van der Waals surface area contributed by atoms with E-state index in [0.717, 1.165) is 117 Å². The van der Waals surface area contributed by atoms with Crippen LogP contribution in [0.1, 0.15) is 64.7 Å². The molecule has 0 aliphatic heterocycles. The maximum Gasteiger partial charge on any atom is 0.500 e. The minimum atomic E-state index is -2.48. The van der Waals surface area contributed by atoms with Gasteiger partial charge < -0.3 is 44.6 Å². The highest BCUT2D eigenvalue weighted by Crippen LogP contribution is 2.33. The zero-order valence-corrected chi connectivity index (χ0v) is 36.2. The molecule has 0 aromatic carbocycles. The number of hydrogen-bond acceptors (Lipinski definition) is 13. The van der Waals surface area contributed by atoms with Crippen LogP contribution in [0.5, 0.6) is 0 Å². The van der Waals surface area contributed by atoms with Crippen molar-refractivity contribution in [2.24, 2.45) is 0 Å². The fourth-order valence-electron chi connectivity index (χ4n) is 5.53. The van der Waals surface area contributed by atoms with Gasteiger partial charge in [0.25, 0.3) is 0 Å². The molecule has 0 bridgehead atoms. The Balaban J connectivity index is 4.89. The highest BCUT2D eigenvalue weighted by molar-refractivity contribution is 7.99. The van der Waals surface area contributed by atoms with Gasteiger partial charge in [-0.05, 0) is 99.2 Å². The molecule has 0 rings (SSSR count). The third-order valence-corrected chi connectivity index (χ3v) is 20.3. The highest BCUT2D eigenvalue weighted by Gasteiger charge is 2.38. The van der Waals surface area contributed by atoms with Crippen molar-refractivity contribution >= 4 is 61.7 Å². The minimum Gasteiger partial charge on any atom is -0.377 e. The highest BCUT2D eigenvalue weighted by atomic mass is 32.2. The van der Waals surface area contributed by atoms with E-state index < -0.39 is 26.4 Å².